The summed E-state index contributed by atoms with van der Waals surface area (Å²) in [5.41, 5.74) is 6.10. The Morgan fingerprint density at radius 3 is 2.38 bits per heavy atom. The van der Waals surface area contributed by atoms with Crippen LogP contribution in [0.15, 0.2) is 18.2 Å². The van der Waals surface area contributed by atoms with Crippen molar-refractivity contribution in [2.24, 2.45) is 17.6 Å². The Morgan fingerprint density at radius 1 is 1.29 bits per heavy atom. The van der Waals surface area contributed by atoms with Crippen LogP contribution in [0.2, 0.25) is 0 Å². The van der Waals surface area contributed by atoms with Crippen molar-refractivity contribution in [3.63, 3.8) is 0 Å². The molecule has 0 saturated heterocycles. The van der Waals surface area contributed by atoms with Crippen LogP contribution in [0.25, 0.3) is 0 Å². The predicted molar refractivity (Wildman–Crippen MR) is 77.9 cm³/mol. The first-order chi connectivity index (χ1) is 9.96. The molecular weight excluding hydrogens is 276 g/mol. The van der Waals surface area contributed by atoms with Crippen LogP contribution in [-0.4, -0.2) is 17.6 Å². The number of benzene rings is 1. The van der Waals surface area contributed by atoms with Crippen molar-refractivity contribution in [2.75, 3.05) is 6.54 Å². The molecular formula is C16H23F2NO2. The molecule has 0 aliphatic carbocycles. The average molecular weight is 299 g/mol. The molecule has 0 fully saturated rings. The molecule has 0 saturated carbocycles. The summed E-state index contributed by atoms with van der Waals surface area (Å²) < 4.78 is 26.1. The molecule has 0 amide bonds. The number of hydrogen-bond acceptors (Lipinski definition) is 2. The van der Waals surface area contributed by atoms with Crippen molar-refractivity contribution < 1.29 is 18.7 Å². The summed E-state index contributed by atoms with van der Waals surface area (Å²) in [4.78, 5) is 11.0. The van der Waals surface area contributed by atoms with Crippen molar-refractivity contribution in [2.45, 2.75) is 39.0 Å². The Morgan fingerprint density at radius 2 is 1.90 bits per heavy atom. The Labute approximate surface area is 124 Å². The number of nitrogens with two attached hydrogens (primary N) is 1. The minimum atomic E-state index is -0.858. The number of hydrogen-bond donors (Lipinski definition) is 2. The van der Waals surface area contributed by atoms with Crippen molar-refractivity contribution in [1.29, 1.82) is 0 Å². The summed E-state index contributed by atoms with van der Waals surface area (Å²) in [7, 11) is 0. The second-order valence-electron chi connectivity index (χ2n) is 5.45. The highest BCUT2D eigenvalue weighted by molar-refractivity contribution is 5.70. The molecule has 1 aromatic carbocycles. The fraction of sp³-hybridized carbons (Fsp3) is 0.562. The maximum Gasteiger partial charge on any atom is 0.307 e. The lowest BCUT2D eigenvalue weighted by Crippen LogP contribution is -2.25. The van der Waals surface area contributed by atoms with Crippen LogP contribution >= 0.6 is 0 Å². The van der Waals surface area contributed by atoms with Gasteiger partial charge in [-0.1, -0.05) is 19.8 Å². The van der Waals surface area contributed by atoms with Crippen molar-refractivity contribution >= 4 is 5.97 Å². The Kier molecular flexibility index (Phi) is 7.29. The molecule has 2 unspecified atom stereocenters. The number of rotatable bonds is 9. The van der Waals surface area contributed by atoms with Gasteiger partial charge in [0, 0.05) is 12.6 Å². The molecule has 0 radical (unpaired) electrons. The Hall–Kier alpha value is -1.49. The lowest BCUT2D eigenvalue weighted by atomic mass is 9.88. The first kappa shape index (κ1) is 17.6. The van der Waals surface area contributed by atoms with Crippen LogP contribution in [0, 0.1) is 23.5 Å². The Balaban J connectivity index is 2.46. The van der Waals surface area contributed by atoms with E-state index in [1.54, 1.807) is 0 Å². The number of halogens is 2. The molecule has 0 aliphatic heterocycles. The molecule has 0 bridgehead atoms. The third-order valence-corrected chi connectivity index (χ3v) is 3.83. The van der Waals surface area contributed by atoms with Gasteiger partial charge in [0.05, 0.1) is 5.92 Å². The molecule has 1 rings (SSSR count). The molecule has 0 heterocycles. The second kappa shape index (κ2) is 8.72. The largest absolute Gasteiger partial charge is 0.481 e. The van der Waals surface area contributed by atoms with Crippen LogP contribution in [0.4, 0.5) is 8.78 Å². The predicted octanol–water partition coefficient (Wildman–Crippen LogP) is 3.36. The molecule has 3 nitrogen and oxygen atoms in total. The zero-order chi connectivity index (χ0) is 15.8. The van der Waals surface area contributed by atoms with Crippen molar-refractivity contribution in [1.82, 2.24) is 0 Å². The van der Waals surface area contributed by atoms with E-state index in [0.717, 1.165) is 25.3 Å². The van der Waals surface area contributed by atoms with E-state index in [1.807, 2.05) is 6.92 Å². The highest BCUT2D eigenvalue weighted by atomic mass is 19.1. The monoisotopic (exact) mass is 299 g/mol. The first-order valence-electron chi connectivity index (χ1n) is 7.34. The molecule has 0 aliphatic rings. The van der Waals surface area contributed by atoms with Gasteiger partial charge in [0.1, 0.15) is 11.6 Å². The summed E-state index contributed by atoms with van der Waals surface area (Å²) in [5, 5.41) is 9.02. The number of carbonyl (C=O) groups is 1. The smallest absolute Gasteiger partial charge is 0.307 e. The third kappa shape index (κ3) is 6.21. The lowest BCUT2D eigenvalue weighted by molar-refractivity contribution is -0.142. The van der Waals surface area contributed by atoms with Gasteiger partial charge >= 0.3 is 5.97 Å². The van der Waals surface area contributed by atoms with E-state index >= 15 is 0 Å². The van der Waals surface area contributed by atoms with E-state index in [4.69, 9.17) is 10.8 Å². The summed E-state index contributed by atoms with van der Waals surface area (Å²) in [6.07, 6.45) is 3.63. The van der Waals surface area contributed by atoms with E-state index in [1.165, 1.54) is 12.1 Å². The second-order valence-corrected chi connectivity index (χ2v) is 5.45. The van der Waals surface area contributed by atoms with Gasteiger partial charge in [-0.05, 0) is 42.9 Å². The fourth-order valence-electron chi connectivity index (χ4n) is 2.54. The number of aryl methyl sites for hydroxylation is 1. The Bertz CT molecular complexity index is 445. The highest BCUT2D eigenvalue weighted by Crippen LogP contribution is 2.22. The lowest BCUT2D eigenvalue weighted by Gasteiger charge is -2.18. The summed E-state index contributed by atoms with van der Waals surface area (Å²) in [6.45, 7) is 2.16. The van der Waals surface area contributed by atoms with Gasteiger partial charge in [0.2, 0.25) is 0 Å². The molecule has 118 valence electrons. The van der Waals surface area contributed by atoms with Gasteiger partial charge in [0.15, 0.2) is 0 Å². The van der Waals surface area contributed by atoms with Crippen LogP contribution in [-0.2, 0) is 11.2 Å². The minimum Gasteiger partial charge on any atom is -0.481 e. The molecule has 1 aromatic rings. The van der Waals surface area contributed by atoms with Crippen LogP contribution in [0.3, 0.4) is 0 Å². The van der Waals surface area contributed by atoms with Gasteiger partial charge < -0.3 is 10.8 Å². The van der Waals surface area contributed by atoms with E-state index in [0.29, 0.717) is 18.4 Å². The van der Waals surface area contributed by atoms with Crippen molar-refractivity contribution in [3.8, 4) is 0 Å². The zero-order valence-corrected chi connectivity index (χ0v) is 12.3. The van der Waals surface area contributed by atoms with Crippen molar-refractivity contribution in [3.05, 3.63) is 35.4 Å². The molecule has 0 aromatic heterocycles. The SMILES string of the molecule is CCC(CCCc1cc(F)cc(F)c1)CC(CN)C(=O)O. The topological polar surface area (TPSA) is 63.3 Å². The molecule has 3 N–H and O–H groups in total. The molecule has 2 atom stereocenters. The standard InChI is InChI=1S/C16H23F2NO2/c1-2-11(6-13(10-19)16(20)21)4-3-5-12-7-14(17)9-15(18)8-12/h7-9,11,13H,2-6,10,19H2,1H3,(H,20,21). The van der Waals surface area contributed by atoms with E-state index in [-0.39, 0.29) is 12.5 Å². The first-order valence-corrected chi connectivity index (χ1v) is 7.34. The van der Waals surface area contributed by atoms with E-state index in [9.17, 15) is 13.6 Å². The van der Waals surface area contributed by atoms with Gasteiger partial charge in [-0.2, -0.15) is 0 Å². The molecule has 5 heteroatoms. The number of carboxylic acid groups (broad SMARTS) is 1. The maximum absolute atomic E-state index is 13.1. The van der Waals surface area contributed by atoms with Gasteiger partial charge in [0.25, 0.3) is 0 Å². The third-order valence-electron chi connectivity index (χ3n) is 3.83. The van der Waals surface area contributed by atoms with Crippen LogP contribution in [0.1, 0.15) is 38.2 Å². The normalized spacial score (nSPS) is 13.9. The summed E-state index contributed by atoms with van der Waals surface area (Å²) in [6, 6.07) is 3.53. The summed E-state index contributed by atoms with van der Waals surface area (Å²) >= 11 is 0. The highest BCUT2D eigenvalue weighted by Gasteiger charge is 2.20. The quantitative estimate of drug-likeness (QED) is 0.735. The average Bonchev–Trinajstić information content (AvgIpc) is 2.41. The van der Waals surface area contributed by atoms with E-state index in [2.05, 4.69) is 0 Å². The minimum absolute atomic E-state index is 0.140. The molecule has 21 heavy (non-hydrogen) atoms. The van der Waals surface area contributed by atoms with E-state index < -0.39 is 23.5 Å². The fourth-order valence-corrected chi connectivity index (χ4v) is 2.54. The maximum atomic E-state index is 13.1. The van der Waals surface area contributed by atoms with Crippen LogP contribution < -0.4 is 5.73 Å². The number of carboxylic acids is 1. The number of aliphatic carboxylic acids is 1. The summed E-state index contributed by atoms with van der Waals surface area (Å²) in [5.74, 6) is -2.23. The van der Waals surface area contributed by atoms with Gasteiger partial charge in [-0.25, -0.2) is 8.78 Å². The van der Waals surface area contributed by atoms with Crippen LogP contribution in [0.5, 0.6) is 0 Å². The van der Waals surface area contributed by atoms with Gasteiger partial charge in [-0.3, -0.25) is 4.79 Å². The zero-order valence-electron chi connectivity index (χ0n) is 12.3. The van der Waals surface area contributed by atoms with Gasteiger partial charge in [-0.15, -0.1) is 0 Å². The molecule has 0 spiro atoms.